The van der Waals surface area contributed by atoms with Gasteiger partial charge in [0.2, 0.25) is 5.91 Å². The van der Waals surface area contributed by atoms with Gasteiger partial charge in [-0.05, 0) is 53.6 Å². The van der Waals surface area contributed by atoms with Crippen molar-refractivity contribution >= 4 is 35.0 Å². The second-order valence-corrected chi connectivity index (χ2v) is 11.3. The van der Waals surface area contributed by atoms with E-state index >= 15 is 0 Å². The summed E-state index contributed by atoms with van der Waals surface area (Å²) < 4.78 is 30.4. The molecule has 3 N–H and O–H groups in total. The minimum Gasteiger partial charge on any atom is -0.434 e. The first kappa shape index (κ1) is 28.4. The zero-order chi connectivity index (χ0) is 27.5. The Morgan fingerprint density at radius 2 is 1.73 bits per heavy atom. The summed E-state index contributed by atoms with van der Waals surface area (Å²) in [7, 11) is 0. The average molecular weight is 536 g/mol. The van der Waals surface area contributed by atoms with Crippen LogP contribution in [0.2, 0.25) is 5.02 Å². The highest BCUT2D eigenvalue weighted by Gasteiger charge is 2.45. The van der Waals surface area contributed by atoms with Gasteiger partial charge in [-0.1, -0.05) is 52.3 Å². The molecule has 1 fully saturated rings. The van der Waals surface area contributed by atoms with Crippen molar-refractivity contribution in [2.75, 3.05) is 11.9 Å². The van der Waals surface area contributed by atoms with Crippen LogP contribution in [0.4, 0.5) is 14.5 Å². The summed E-state index contributed by atoms with van der Waals surface area (Å²) in [6.45, 7) is 7.05. The lowest BCUT2D eigenvalue weighted by Crippen LogP contribution is -2.34. The van der Waals surface area contributed by atoms with Crippen molar-refractivity contribution in [3.63, 3.8) is 0 Å². The number of benzene rings is 2. The molecule has 2 aromatic rings. The second kappa shape index (κ2) is 11.0. The Morgan fingerprint density at radius 1 is 1.05 bits per heavy atom. The van der Waals surface area contributed by atoms with Gasteiger partial charge in [-0.25, -0.2) is 0 Å². The van der Waals surface area contributed by atoms with Gasteiger partial charge in [0, 0.05) is 24.2 Å². The van der Waals surface area contributed by atoms with Crippen LogP contribution in [0.3, 0.4) is 0 Å². The Balaban J connectivity index is 1.76. The molecule has 0 spiro atoms. The van der Waals surface area contributed by atoms with Gasteiger partial charge in [-0.2, -0.15) is 8.78 Å². The highest BCUT2D eigenvalue weighted by Crippen LogP contribution is 2.51. The molecule has 200 valence electrons. The van der Waals surface area contributed by atoms with Crippen LogP contribution in [-0.4, -0.2) is 30.9 Å². The summed E-state index contributed by atoms with van der Waals surface area (Å²) in [6, 6.07) is 8.65. The van der Waals surface area contributed by atoms with E-state index in [-0.39, 0.29) is 45.5 Å². The predicted octanol–water partition coefficient (Wildman–Crippen LogP) is 5.63. The van der Waals surface area contributed by atoms with Crippen LogP contribution in [0.15, 0.2) is 36.4 Å². The number of anilines is 1. The number of ether oxygens (including phenoxy) is 1. The number of hydrogen-bond acceptors (Lipinski definition) is 4. The highest BCUT2D eigenvalue weighted by molar-refractivity contribution is 6.34. The Morgan fingerprint density at radius 3 is 2.32 bits per heavy atom. The molecule has 0 aromatic heterocycles. The molecule has 10 heteroatoms. The van der Waals surface area contributed by atoms with Crippen LogP contribution in [0.25, 0.3) is 0 Å². The molecule has 0 saturated heterocycles. The zero-order valence-electron chi connectivity index (χ0n) is 21.5. The molecular formula is C27H32ClF2N3O4. The van der Waals surface area contributed by atoms with E-state index in [1.807, 2.05) is 0 Å². The number of rotatable bonds is 9. The summed E-state index contributed by atoms with van der Waals surface area (Å²) in [4.78, 5) is 37.9. The molecule has 0 bridgehead atoms. The van der Waals surface area contributed by atoms with Crippen molar-refractivity contribution < 1.29 is 27.9 Å². The Hall–Kier alpha value is -3.20. The third-order valence-electron chi connectivity index (χ3n) is 6.33. The maximum Gasteiger partial charge on any atom is 0.387 e. The van der Waals surface area contributed by atoms with Gasteiger partial charge >= 0.3 is 6.61 Å². The number of carbonyl (C=O) groups excluding carboxylic acids is 3. The minimum atomic E-state index is -3.12. The van der Waals surface area contributed by atoms with Crippen molar-refractivity contribution in [1.29, 1.82) is 0 Å². The lowest BCUT2D eigenvalue weighted by Gasteiger charge is -2.18. The monoisotopic (exact) mass is 535 g/mol. The first-order valence-corrected chi connectivity index (χ1v) is 12.3. The summed E-state index contributed by atoms with van der Waals surface area (Å²) in [5.41, 5.74) is 0.461. The van der Waals surface area contributed by atoms with E-state index < -0.39 is 23.8 Å². The van der Waals surface area contributed by atoms with Crippen LogP contribution in [0.1, 0.15) is 67.3 Å². The number of amides is 3. The maximum absolute atomic E-state index is 13.0. The largest absolute Gasteiger partial charge is 0.434 e. The number of carbonyl (C=O) groups is 3. The third-order valence-corrected chi connectivity index (χ3v) is 6.66. The summed E-state index contributed by atoms with van der Waals surface area (Å²) in [5, 5.41) is 8.41. The lowest BCUT2D eigenvalue weighted by molar-refractivity contribution is -0.128. The molecule has 0 aliphatic heterocycles. The van der Waals surface area contributed by atoms with Crippen molar-refractivity contribution in [2.45, 2.75) is 54.2 Å². The van der Waals surface area contributed by atoms with Crippen LogP contribution in [0.5, 0.6) is 5.75 Å². The fourth-order valence-corrected chi connectivity index (χ4v) is 3.93. The van der Waals surface area contributed by atoms with Crippen LogP contribution in [0, 0.1) is 16.7 Å². The van der Waals surface area contributed by atoms with E-state index in [9.17, 15) is 23.2 Å². The van der Waals surface area contributed by atoms with Gasteiger partial charge < -0.3 is 20.7 Å². The smallest absolute Gasteiger partial charge is 0.387 e. The molecule has 1 unspecified atom stereocenters. The molecule has 1 aliphatic carbocycles. The number of hydrogen-bond donors (Lipinski definition) is 3. The SMILES string of the molecule is CC(C)(C)C(=O)NCc1ccc(Cl)c(C(=O)Nc2ccc(OC(F)F)c(C(=O)NCC3CC3(C)C)c2)c1. The Bertz CT molecular complexity index is 1190. The van der Waals surface area contributed by atoms with Crippen LogP contribution < -0.4 is 20.7 Å². The van der Waals surface area contributed by atoms with Crippen molar-refractivity contribution in [1.82, 2.24) is 10.6 Å². The van der Waals surface area contributed by atoms with Gasteiger partial charge in [0.1, 0.15) is 5.75 Å². The van der Waals surface area contributed by atoms with Crippen molar-refractivity contribution in [2.24, 2.45) is 16.7 Å². The van der Waals surface area contributed by atoms with E-state index in [1.165, 1.54) is 18.2 Å². The predicted molar refractivity (Wildman–Crippen MR) is 138 cm³/mol. The van der Waals surface area contributed by atoms with E-state index in [2.05, 4.69) is 34.5 Å². The fourth-order valence-electron chi connectivity index (χ4n) is 3.72. The molecule has 1 atom stereocenters. The van der Waals surface area contributed by atoms with Crippen molar-refractivity contribution in [3.8, 4) is 5.75 Å². The lowest BCUT2D eigenvalue weighted by atomic mass is 9.95. The van der Waals surface area contributed by atoms with Crippen LogP contribution in [-0.2, 0) is 11.3 Å². The maximum atomic E-state index is 13.0. The first-order chi connectivity index (χ1) is 17.2. The first-order valence-electron chi connectivity index (χ1n) is 11.9. The minimum absolute atomic E-state index is 0.124. The highest BCUT2D eigenvalue weighted by atomic mass is 35.5. The molecular weight excluding hydrogens is 504 g/mol. The second-order valence-electron chi connectivity index (χ2n) is 10.9. The number of alkyl halides is 2. The topological polar surface area (TPSA) is 96.5 Å². The molecule has 3 amide bonds. The summed E-state index contributed by atoms with van der Waals surface area (Å²) >= 11 is 6.24. The normalized spacial score (nSPS) is 16.2. The van der Waals surface area contributed by atoms with E-state index in [0.29, 0.717) is 18.0 Å². The van der Waals surface area contributed by atoms with Gasteiger partial charge in [0.25, 0.3) is 11.8 Å². The molecule has 0 radical (unpaired) electrons. The zero-order valence-corrected chi connectivity index (χ0v) is 22.3. The van der Waals surface area contributed by atoms with Gasteiger partial charge in [-0.3, -0.25) is 14.4 Å². The van der Waals surface area contributed by atoms with Gasteiger partial charge in [0.05, 0.1) is 16.1 Å². The molecule has 1 aliphatic rings. The average Bonchev–Trinajstić information content (AvgIpc) is 3.42. The molecule has 3 rings (SSSR count). The fraction of sp³-hybridized carbons (Fsp3) is 0.444. The van der Waals surface area contributed by atoms with Crippen molar-refractivity contribution in [3.05, 3.63) is 58.1 Å². The van der Waals surface area contributed by atoms with Gasteiger partial charge in [0.15, 0.2) is 0 Å². The van der Waals surface area contributed by atoms with Gasteiger partial charge in [-0.15, -0.1) is 0 Å². The number of nitrogens with one attached hydrogen (secondary N) is 3. The van der Waals surface area contributed by atoms with E-state index in [0.717, 1.165) is 6.42 Å². The molecule has 0 heterocycles. The molecule has 1 saturated carbocycles. The molecule has 2 aromatic carbocycles. The van der Waals surface area contributed by atoms with E-state index in [4.69, 9.17) is 11.6 Å². The molecule has 37 heavy (non-hydrogen) atoms. The quantitative estimate of drug-likeness (QED) is 0.387. The summed E-state index contributed by atoms with van der Waals surface area (Å²) in [5.74, 6) is -1.28. The Labute approximate surface area is 220 Å². The standard InChI is InChI=1S/C27H32ClF2N3O4/c1-26(2,3)24(36)32-13-15-6-8-20(28)18(10-15)23(35)33-17-7-9-21(37-25(29)30)19(11-17)22(34)31-14-16-12-27(16,4)5/h6-11,16,25H,12-14H2,1-5H3,(H,31,34)(H,32,36)(H,33,35). The van der Waals surface area contributed by atoms with Crippen LogP contribution >= 0.6 is 11.6 Å². The van der Waals surface area contributed by atoms with E-state index in [1.54, 1.807) is 39.0 Å². The Kier molecular flexibility index (Phi) is 8.47. The number of halogens is 3. The summed E-state index contributed by atoms with van der Waals surface area (Å²) in [6.07, 6.45) is 0.962. The third kappa shape index (κ3) is 7.64. The molecule has 7 nitrogen and oxygen atoms in total.